The molecule has 0 saturated carbocycles. The molecule has 0 unspecified atom stereocenters. The largest absolute Gasteiger partial charge is 0.494 e. The van der Waals surface area contributed by atoms with Crippen molar-refractivity contribution in [3.63, 3.8) is 0 Å². The van der Waals surface area contributed by atoms with E-state index in [-0.39, 0.29) is 15.8 Å². The Morgan fingerprint density at radius 3 is 2.50 bits per heavy atom. The van der Waals surface area contributed by atoms with Crippen molar-refractivity contribution in [2.75, 3.05) is 11.9 Å². The minimum absolute atomic E-state index is 0.0174. The average Bonchev–Trinajstić information content (AvgIpc) is 2.72. The lowest BCUT2D eigenvalue weighted by Gasteiger charge is -2.10. The summed E-state index contributed by atoms with van der Waals surface area (Å²) < 4.78 is 5.69. The van der Waals surface area contributed by atoms with E-state index in [2.05, 4.69) is 17.6 Å². The number of amides is 1. The van der Waals surface area contributed by atoms with Crippen LogP contribution in [0.25, 0.3) is 0 Å². The zero-order valence-corrected chi connectivity index (χ0v) is 18.2. The lowest BCUT2D eigenvalue weighted by atomic mass is 10.2. The second-order valence-corrected chi connectivity index (χ2v) is 7.43. The topological polar surface area (TPSA) is 93.5 Å². The molecule has 30 heavy (non-hydrogen) atoms. The fourth-order valence-corrected chi connectivity index (χ4v) is 3.06. The lowest BCUT2D eigenvalue weighted by molar-refractivity contribution is -0.384. The molecule has 0 aliphatic rings. The predicted molar refractivity (Wildman–Crippen MR) is 122 cm³/mol. The van der Waals surface area contributed by atoms with Crippen LogP contribution < -0.4 is 15.4 Å². The van der Waals surface area contributed by atoms with Crippen molar-refractivity contribution < 1.29 is 14.5 Å². The molecule has 0 aromatic heterocycles. The van der Waals surface area contributed by atoms with Crippen molar-refractivity contribution in [3.8, 4) is 5.75 Å². The van der Waals surface area contributed by atoms with Gasteiger partial charge in [-0.3, -0.25) is 20.2 Å². The van der Waals surface area contributed by atoms with E-state index in [1.165, 1.54) is 37.5 Å². The molecule has 0 bridgehead atoms. The smallest absolute Gasteiger partial charge is 0.289 e. The fourth-order valence-electron chi connectivity index (χ4n) is 2.67. The number of anilines is 1. The van der Waals surface area contributed by atoms with Gasteiger partial charge in [0.15, 0.2) is 5.11 Å². The number of nitro groups is 1. The highest BCUT2D eigenvalue weighted by atomic mass is 35.5. The Hall–Kier alpha value is -2.71. The first-order valence-electron chi connectivity index (χ1n) is 9.70. The van der Waals surface area contributed by atoms with Crippen LogP contribution in [0.1, 0.15) is 49.4 Å². The second-order valence-electron chi connectivity index (χ2n) is 6.62. The SMILES string of the molecule is CCCCCCCOc1ccc(C(=O)NC(=S)Nc2ccc(Cl)c([N+](=O)[O-])c2)cc1. The van der Waals surface area contributed by atoms with E-state index in [1.807, 2.05) is 0 Å². The number of hydrogen-bond donors (Lipinski definition) is 2. The van der Waals surface area contributed by atoms with E-state index < -0.39 is 10.8 Å². The normalized spacial score (nSPS) is 10.3. The Bertz CT molecular complexity index is 890. The van der Waals surface area contributed by atoms with Gasteiger partial charge in [0.1, 0.15) is 10.8 Å². The van der Waals surface area contributed by atoms with Crippen LogP contribution in [0, 0.1) is 10.1 Å². The lowest BCUT2D eigenvalue weighted by Crippen LogP contribution is -2.34. The van der Waals surface area contributed by atoms with Gasteiger partial charge in [0.05, 0.1) is 11.5 Å². The number of carbonyl (C=O) groups excluding carboxylic acids is 1. The van der Waals surface area contributed by atoms with Crippen molar-refractivity contribution in [1.29, 1.82) is 0 Å². The molecule has 0 fully saturated rings. The number of nitro benzene ring substituents is 1. The van der Waals surface area contributed by atoms with Crippen LogP contribution >= 0.6 is 23.8 Å². The molecular weight excluding hydrogens is 426 g/mol. The van der Waals surface area contributed by atoms with Crippen LogP contribution in [-0.4, -0.2) is 22.5 Å². The van der Waals surface area contributed by atoms with Gasteiger partial charge >= 0.3 is 0 Å². The molecule has 0 heterocycles. The molecule has 1 amide bonds. The number of hydrogen-bond acceptors (Lipinski definition) is 5. The Morgan fingerprint density at radius 2 is 1.83 bits per heavy atom. The number of nitrogens with one attached hydrogen (secondary N) is 2. The molecule has 2 N–H and O–H groups in total. The fraction of sp³-hybridized carbons (Fsp3) is 0.333. The van der Waals surface area contributed by atoms with E-state index in [4.69, 9.17) is 28.6 Å². The van der Waals surface area contributed by atoms with E-state index in [0.717, 1.165) is 12.8 Å². The van der Waals surface area contributed by atoms with E-state index in [0.29, 0.717) is 23.6 Å². The number of rotatable bonds is 10. The molecule has 0 atom stereocenters. The molecule has 0 saturated heterocycles. The van der Waals surface area contributed by atoms with Crippen molar-refractivity contribution >= 4 is 46.2 Å². The number of benzene rings is 2. The minimum Gasteiger partial charge on any atom is -0.494 e. The maximum Gasteiger partial charge on any atom is 0.289 e. The van der Waals surface area contributed by atoms with Gasteiger partial charge in [-0.15, -0.1) is 0 Å². The molecule has 0 radical (unpaired) electrons. The van der Waals surface area contributed by atoms with Gasteiger partial charge in [-0.1, -0.05) is 44.2 Å². The van der Waals surface area contributed by atoms with E-state index >= 15 is 0 Å². The van der Waals surface area contributed by atoms with Crippen molar-refractivity contribution in [2.24, 2.45) is 0 Å². The summed E-state index contributed by atoms with van der Waals surface area (Å²) in [4.78, 5) is 22.7. The summed E-state index contributed by atoms with van der Waals surface area (Å²) >= 11 is 10.9. The molecule has 0 spiro atoms. The quantitative estimate of drug-likeness (QED) is 0.208. The summed E-state index contributed by atoms with van der Waals surface area (Å²) in [6, 6.07) is 10.9. The van der Waals surface area contributed by atoms with Gasteiger partial charge in [0, 0.05) is 17.3 Å². The monoisotopic (exact) mass is 449 g/mol. The Kier molecular flexibility index (Phi) is 9.50. The highest BCUT2D eigenvalue weighted by molar-refractivity contribution is 7.80. The van der Waals surface area contributed by atoms with Gasteiger partial charge in [0.2, 0.25) is 0 Å². The first kappa shape index (κ1) is 23.6. The third-order valence-corrected chi connectivity index (χ3v) is 4.78. The third-order valence-electron chi connectivity index (χ3n) is 4.26. The van der Waals surface area contributed by atoms with Crippen LogP contribution in [0.15, 0.2) is 42.5 Å². The van der Waals surface area contributed by atoms with Crippen molar-refractivity contribution in [2.45, 2.75) is 39.0 Å². The first-order chi connectivity index (χ1) is 14.4. The number of ether oxygens (including phenoxy) is 1. The van der Waals surface area contributed by atoms with Crippen LogP contribution in [0.4, 0.5) is 11.4 Å². The molecule has 7 nitrogen and oxygen atoms in total. The van der Waals surface area contributed by atoms with Gasteiger partial charge in [-0.25, -0.2) is 0 Å². The molecule has 2 aromatic carbocycles. The van der Waals surface area contributed by atoms with Crippen LogP contribution in [-0.2, 0) is 0 Å². The molecule has 2 rings (SSSR count). The second kappa shape index (κ2) is 12.1. The molecule has 0 aliphatic heterocycles. The Balaban J connectivity index is 1.83. The molecule has 160 valence electrons. The molecule has 0 aliphatic carbocycles. The van der Waals surface area contributed by atoms with Crippen LogP contribution in [0.2, 0.25) is 5.02 Å². The Labute approximate surface area is 185 Å². The van der Waals surface area contributed by atoms with Crippen molar-refractivity contribution in [1.82, 2.24) is 5.32 Å². The van der Waals surface area contributed by atoms with E-state index in [9.17, 15) is 14.9 Å². The zero-order valence-electron chi connectivity index (χ0n) is 16.7. The number of unbranched alkanes of at least 4 members (excludes halogenated alkanes) is 4. The van der Waals surface area contributed by atoms with Gasteiger partial charge in [0.25, 0.3) is 11.6 Å². The van der Waals surface area contributed by atoms with Crippen molar-refractivity contribution in [3.05, 3.63) is 63.2 Å². The number of nitrogens with zero attached hydrogens (tertiary/aromatic N) is 1. The summed E-state index contributed by atoms with van der Waals surface area (Å²) in [6.45, 7) is 2.83. The Morgan fingerprint density at radius 1 is 1.13 bits per heavy atom. The minimum atomic E-state index is -0.593. The zero-order chi connectivity index (χ0) is 21.9. The summed E-state index contributed by atoms with van der Waals surface area (Å²) in [7, 11) is 0. The summed E-state index contributed by atoms with van der Waals surface area (Å²) in [5, 5.41) is 16.3. The molecule has 9 heteroatoms. The number of halogens is 1. The van der Waals surface area contributed by atoms with E-state index in [1.54, 1.807) is 24.3 Å². The third kappa shape index (κ3) is 7.61. The first-order valence-corrected chi connectivity index (χ1v) is 10.5. The highest BCUT2D eigenvalue weighted by Gasteiger charge is 2.14. The average molecular weight is 450 g/mol. The molecule has 2 aromatic rings. The maximum atomic E-state index is 12.3. The van der Waals surface area contributed by atoms with Crippen LogP contribution in [0.5, 0.6) is 5.75 Å². The number of thiocarbonyl (C=S) groups is 1. The number of carbonyl (C=O) groups is 1. The summed E-state index contributed by atoms with van der Waals surface area (Å²) in [6.07, 6.45) is 5.83. The van der Waals surface area contributed by atoms with Gasteiger partial charge in [-0.05, 0) is 55.0 Å². The van der Waals surface area contributed by atoms with Gasteiger partial charge in [-0.2, -0.15) is 0 Å². The summed E-state index contributed by atoms with van der Waals surface area (Å²) in [5.74, 6) is 0.304. The van der Waals surface area contributed by atoms with Gasteiger partial charge < -0.3 is 10.1 Å². The standard InChI is InChI=1S/C21H24ClN3O4S/c1-2-3-4-5-6-13-29-17-10-7-15(8-11-17)20(26)24-21(30)23-16-9-12-18(22)19(14-16)25(27)28/h7-12,14H,2-6,13H2,1H3,(H2,23,24,26,30). The summed E-state index contributed by atoms with van der Waals surface area (Å²) in [5.41, 5.74) is 0.507. The molecular formula is C21H24ClN3O4S. The highest BCUT2D eigenvalue weighted by Crippen LogP contribution is 2.27. The predicted octanol–water partition coefficient (Wildman–Crippen LogP) is 5.72. The maximum absolute atomic E-state index is 12.3. The van der Waals surface area contributed by atoms with Crippen LogP contribution in [0.3, 0.4) is 0 Å².